The van der Waals surface area contributed by atoms with Gasteiger partial charge < -0.3 is 14.8 Å². The summed E-state index contributed by atoms with van der Waals surface area (Å²) < 4.78 is 5.89. The first-order chi connectivity index (χ1) is 10.1. The minimum absolute atomic E-state index is 0.156. The molecule has 1 aromatic carbocycles. The topological polar surface area (TPSA) is 62.5 Å². The van der Waals surface area contributed by atoms with Gasteiger partial charge in [0.25, 0.3) is 0 Å². The van der Waals surface area contributed by atoms with Gasteiger partial charge in [-0.3, -0.25) is 4.79 Å². The smallest absolute Gasteiger partial charge is 0.306 e. The zero-order chi connectivity index (χ0) is 14.8. The van der Waals surface area contributed by atoms with Crippen molar-refractivity contribution in [2.24, 2.45) is 5.92 Å². The van der Waals surface area contributed by atoms with E-state index in [1.165, 1.54) is 10.9 Å². The molecule has 0 spiro atoms. The van der Waals surface area contributed by atoms with Crippen LogP contribution >= 0.6 is 0 Å². The summed E-state index contributed by atoms with van der Waals surface area (Å²) in [5, 5.41) is 13.7. The standard InChI is InChI=1S/C17H21NO3/c1-11-14-4-2-3-5-15(14)21-16(11)10-18-13-8-6-12(7-9-13)17(19)20/h2-5,12-13,18H,6-10H2,1H3,(H,19,20). The van der Waals surface area contributed by atoms with Crippen molar-refractivity contribution in [3.63, 3.8) is 0 Å². The van der Waals surface area contributed by atoms with E-state index in [2.05, 4.69) is 18.3 Å². The Morgan fingerprint density at radius 2 is 2.00 bits per heavy atom. The maximum Gasteiger partial charge on any atom is 0.306 e. The average Bonchev–Trinajstić information content (AvgIpc) is 2.82. The van der Waals surface area contributed by atoms with Crippen molar-refractivity contribution >= 4 is 16.9 Å². The molecule has 2 N–H and O–H groups in total. The lowest BCUT2D eigenvalue weighted by Crippen LogP contribution is -2.34. The van der Waals surface area contributed by atoms with Crippen LogP contribution in [0, 0.1) is 12.8 Å². The summed E-state index contributed by atoms with van der Waals surface area (Å²) in [6, 6.07) is 8.47. The normalized spacial score (nSPS) is 22.5. The molecule has 0 amide bonds. The van der Waals surface area contributed by atoms with E-state index in [0.717, 1.165) is 37.0 Å². The lowest BCUT2D eigenvalue weighted by atomic mass is 9.86. The number of aryl methyl sites for hydroxylation is 1. The maximum atomic E-state index is 10.9. The molecule has 1 aliphatic carbocycles. The van der Waals surface area contributed by atoms with Crippen molar-refractivity contribution in [1.82, 2.24) is 5.32 Å². The number of furan rings is 1. The van der Waals surface area contributed by atoms with Crippen LogP contribution in [-0.4, -0.2) is 17.1 Å². The molecule has 0 bridgehead atoms. The molecule has 0 atom stereocenters. The Morgan fingerprint density at radius 3 is 2.67 bits per heavy atom. The predicted octanol–water partition coefficient (Wildman–Crippen LogP) is 3.47. The highest BCUT2D eigenvalue weighted by molar-refractivity contribution is 5.81. The largest absolute Gasteiger partial charge is 0.481 e. The summed E-state index contributed by atoms with van der Waals surface area (Å²) in [5.74, 6) is 0.175. The number of hydrogen-bond donors (Lipinski definition) is 2. The predicted molar refractivity (Wildman–Crippen MR) is 81.2 cm³/mol. The van der Waals surface area contributed by atoms with Gasteiger partial charge >= 0.3 is 5.97 Å². The van der Waals surface area contributed by atoms with Crippen LogP contribution in [0.15, 0.2) is 28.7 Å². The minimum atomic E-state index is -0.651. The zero-order valence-electron chi connectivity index (χ0n) is 12.3. The van der Waals surface area contributed by atoms with Crippen LogP contribution in [0.3, 0.4) is 0 Å². The molecule has 0 radical (unpaired) electrons. The molecule has 2 aromatic rings. The molecular weight excluding hydrogens is 266 g/mol. The van der Waals surface area contributed by atoms with Crippen molar-refractivity contribution in [2.45, 2.75) is 45.2 Å². The van der Waals surface area contributed by atoms with E-state index in [4.69, 9.17) is 9.52 Å². The van der Waals surface area contributed by atoms with Crippen LogP contribution in [0.25, 0.3) is 11.0 Å². The molecular formula is C17H21NO3. The first-order valence-electron chi connectivity index (χ1n) is 7.58. The molecule has 21 heavy (non-hydrogen) atoms. The summed E-state index contributed by atoms with van der Waals surface area (Å²) in [6.07, 6.45) is 3.39. The van der Waals surface area contributed by atoms with Crippen molar-refractivity contribution in [1.29, 1.82) is 0 Å². The number of carbonyl (C=O) groups is 1. The lowest BCUT2D eigenvalue weighted by Gasteiger charge is -2.26. The van der Waals surface area contributed by atoms with Crippen molar-refractivity contribution in [2.75, 3.05) is 0 Å². The van der Waals surface area contributed by atoms with Gasteiger partial charge in [0.05, 0.1) is 12.5 Å². The molecule has 0 aliphatic heterocycles. The van der Waals surface area contributed by atoms with Crippen LogP contribution in [-0.2, 0) is 11.3 Å². The van der Waals surface area contributed by atoms with E-state index in [1.54, 1.807) is 0 Å². The van der Waals surface area contributed by atoms with Gasteiger partial charge in [0.2, 0.25) is 0 Å². The zero-order valence-corrected chi connectivity index (χ0v) is 12.3. The molecule has 1 aromatic heterocycles. The Kier molecular flexibility index (Phi) is 3.97. The van der Waals surface area contributed by atoms with E-state index in [-0.39, 0.29) is 5.92 Å². The fourth-order valence-electron chi connectivity index (χ4n) is 3.18. The van der Waals surface area contributed by atoms with E-state index in [0.29, 0.717) is 12.6 Å². The summed E-state index contributed by atoms with van der Waals surface area (Å²) in [5.41, 5.74) is 2.12. The maximum absolute atomic E-state index is 10.9. The molecule has 4 heteroatoms. The number of carboxylic acids is 1. The van der Waals surface area contributed by atoms with E-state index in [1.807, 2.05) is 18.2 Å². The number of carboxylic acid groups (broad SMARTS) is 1. The second-order valence-corrected chi connectivity index (χ2v) is 5.91. The highest BCUT2D eigenvalue weighted by Crippen LogP contribution is 2.27. The molecule has 3 rings (SSSR count). The Balaban J connectivity index is 1.60. The number of aliphatic carboxylic acids is 1. The summed E-state index contributed by atoms with van der Waals surface area (Å²) >= 11 is 0. The van der Waals surface area contributed by atoms with Gasteiger partial charge in [-0.05, 0) is 44.2 Å². The number of fused-ring (bicyclic) bond motifs is 1. The Morgan fingerprint density at radius 1 is 1.29 bits per heavy atom. The second kappa shape index (κ2) is 5.90. The second-order valence-electron chi connectivity index (χ2n) is 5.91. The average molecular weight is 287 g/mol. The quantitative estimate of drug-likeness (QED) is 0.903. The number of rotatable bonds is 4. The molecule has 1 saturated carbocycles. The molecule has 0 unspecified atom stereocenters. The van der Waals surface area contributed by atoms with Crippen LogP contribution < -0.4 is 5.32 Å². The van der Waals surface area contributed by atoms with Crippen LogP contribution in [0.5, 0.6) is 0 Å². The van der Waals surface area contributed by atoms with Crippen molar-refractivity contribution in [3.05, 3.63) is 35.6 Å². The van der Waals surface area contributed by atoms with Gasteiger partial charge in [-0.1, -0.05) is 18.2 Å². The molecule has 1 fully saturated rings. The lowest BCUT2D eigenvalue weighted by molar-refractivity contribution is -0.142. The van der Waals surface area contributed by atoms with Gasteiger partial charge in [-0.15, -0.1) is 0 Å². The van der Waals surface area contributed by atoms with Crippen molar-refractivity contribution in [3.8, 4) is 0 Å². The molecule has 1 heterocycles. The third kappa shape index (κ3) is 2.95. The molecule has 112 valence electrons. The fourth-order valence-corrected chi connectivity index (χ4v) is 3.18. The number of nitrogens with one attached hydrogen (secondary N) is 1. The number of benzene rings is 1. The Labute approximate surface area is 124 Å². The third-order valence-electron chi connectivity index (χ3n) is 4.57. The van der Waals surface area contributed by atoms with Gasteiger partial charge in [-0.2, -0.15) is 0 Å². The summed E-state index contributed by atoms with van der Waals surface area (Å²) in [7, 11) is 0. The molecule has 1 aliphatic rings. The SMILES string of the molecule is Cc1c(CNC2CCC(C(=O)O)CC2)oc2ccccc12. The van der Waals surface area contributed by atoms with Gasteiger partial charge in [-0.25, -0.2) is 0 Å². The van der Waals surface area contributed by atoms with Crippen LogP contribution in [0.1, 0.15) is 37.0 Å². The van der Waals surface area contributed by atoms with Gasteiger partial charge in [0.15, 0.2) is 0 Å². The highest BCUT2D eigenvalue weighted by Gasteiger charge is 2.25. The fraction of sp³-hybridized carbons (Fsp3) is 0.471. The van der Waals surface area contributed by atoms with Crippen LogP contribution in [0.2, 0.25) is 0 Å². The summed E-state index contributed by atoms with van der Waals surface area (Å²) in [6.45, 7) is 2.80. The minimum Gasteiger partial charge on any atom is -0.481 e. The van der Waals surface area contributed by atoms with Gasteiger partial charge in [0, 0.05) is 11.4 Å². The van der Waals surface area contributed by atoms with Crippen LogP contribution in [0.4, 0.5) is 0 Å². The Hall–Kier alpha value is -1.81. The molecule has 0 saturated heterocycles. The first kappa shape index (κ1) is 14.1. The first-order valence-corrected chi connectivity index (χ1v) is 7.58. The number of hydrogen-bond acceptors (Lipinski definition) is 3. The van der Waals surface area contributed by atoms with E-state index in [9.17, 15) is 4.79 Å². The van der Waals surface area contributed by atoms with E-state index < -0.39 is 5.97 Å². The molecule has 4 nitrogen and oxygen atoms in total. The highest BCUT2D eigenvalue weighted by atomic mass is 16.4. The Bertz CT molecular complexity index is 639. The summed E-state index contributed by atoms with van der Waals surface area (Å²) in [4.78, 5) is 10.9. The third-order valence-corrected chi connectivity index (χ3v) is 4.57. The monoisotopic (exact) mass is 287 g/mol. The number of para-hydroxylation sites is 1. The van der Waals surface area contributed by atoms with Gasteiger partial charge in [0.1, 0.15) is 11.3 Å². The van der Waals surface area contributed by atoms with E-state index >= 15 is 0 Å². The van der Waals surface area contributed by atoms with Crippen molar-refractivity contribution < 1.29 is 14.3 Å².